The first-order valence-electron chi connectivity index (χ1n) is 6.94. The Morgan fingerprint density at radius 2 is 2.29 bits per heavy atom. The van der Waals surface area contributed by atoms with E-state index in [2.05, 4.69) is 26.3 Å². The number of hydrogen-bond acceptors (Lipinski definition) is 4. The average Bonchev–Trinajstić information content (AvgIpc) is 2.90. The number of aromatic nitrogens is 2. The molecule has 1 unspecified atom stereocenters. The zero-order valence-electron chi connectivity index (χ0n) is 11.7. The van der Waals surface area contributed by atoms with E-state index in [0.717, 1.165) is 17.7 Å². The molecule has 0 spiro atoms. The highest BCUT2D eigenvalue weighted by molar-refractivity contribution is 9.10. The molecule has 1 aromatic carbocycles. The molecule has 21 heavy (non-hydrogen) atoms. The average molecular weight is 350 g/mol. The summed E-state index contributed by atoms with van der Waals surface area (Å²) in [6.45, 7) is 3.18. The third-order valence-corrected chi connectivity index (χ3v) is 4.22. The van der Waals surface area contributed by atoms with E-state index in [9.17, 15) is 4.79 Å². The SMILES string of the molecule is CCCn1ncc(NC2COc3ccccc32)c(Br)c1=O. The fourth-order valence-corrected chi connectivity index (χ4v) is 2.83. The summed E-state index contributed by atoms with van der Waals surface area (Å²) in [6, 6.07) is 7.93. The van der Waals surface area contributed by atoms with Crippen LogP contribution in [0, 0.1) is 0 Å². The number of fused-ring (bicyclic) bond motifs is 1. The summed E-state index contributed by atoms with van der Waals surface area (Å²) in [5.74, 6) is 0.887. The smallest absolute Gasteiger partial charge is 0.283 e. The van der Waals surface area contributed by atoms with Gasteiger partial charge in [0.05, 0.1) is 17.9 Å². The second-order valence-corrected chi connectivity index (χ2v) is 5.74. The van der Waals surface area contributed by atoms with Gasteiger partial charge in [-0.2, -0.15) is 5.10 Å². The van der Waals surface area contributed by atoms with Gasteiger partial charge in [-0.1, -0.05) is 25.1 Å². The first-order chi connectivity index (χ1) is 10.2. The van der Waals surface area contributed by atoms with Crippen LogP contribution in [0.4, 0.5) is 5.69 Å². The zero-order valence-corrected chi connectivity index (χ0v) is 13.3. The fraction of sp³-hybridized carbons (Fsp3) is 0.333. The minimum atomic E-state index is -0.117. The molecule has 1 aromatic heterocycles. The van der Waals surface area contributed by atoms with Crippen molar-refractivity contribution in [3.63, 3.8) is 0 Å². The molecule has 3 rings (SSSR count). The Bertz CT molecular complexity index is 714. The number of anilines is 1. The van der Waals surface area contributed by atoms with E-state index in [0.29, 0.717) is 23.3 Å². The van der Waals surface area contributed by atoms with Crippen molar-refractivity contribution in [3.8, 4) is 5.75 Å². The molecule has 0 bridgehead atoms. The number of nitrogens with zero attached hydrogens (tertiary/aromatic N) is 2. The third kappa shape index (κ3) is 2.68. The first kappa shape index (κ1) is 14.1. The first-order valence-corrected chi connectivity index (χ1v) is 7.74. The molecule has 110 valence electrons. The molecule has 6 heteroatoms. The Morgan fingerprint density at radius 3 is 3.10 bits per heavy atom. The van der Waals surface area contributed by atoms with E-state index in [1.54, 1.807) is 6.20 Å². The Labute approximate surface area is 131 Å². The van der Waals surface area contributed by atoms with Crippen LogP contribution < -0.4 is 15.6 Å². The molecular weight excluding hydrogens is 334 g/mol. The Balaban J connectivity index is 1.87. The lowest BCUT2D eigenvalue weighted by atomic mass is 10.1. The summed E-state index contributed by atoms with van der Waals surface area (Å²) in [7, 11) is 0. The van der Waals surface area contributed by atoms with Crippen molar-refractivity contribution in [1.29, 1.82) is 0 Å². The minimum Gasteiger partial charge on any atom is -0.491 e. The van der Waals surface area contributed by atoms with Crippen LogP contribution in [0.15, 0.2) is 39.7 Å². The van der Waals surface area contributed by atoms with Crippen molar-refractivity contribution < 1.29 is 4.74 Å². The Kier molecular flexibility index (Phi) is 3.96. The van der Waals surface area contributed by atoms with Gasteiger partial charge in [-0.05, 0) is 28.4 Å². The van der Waals surface area contributed by atoms with Crippen molar-refractivity contribution in [2.75, 3.05) is 11.9 Å². The predicted octanol–water partition coefficient (Wildman–Crippen LogP) is 2.96. The summed E-state index contributed by atoms with van der Waals surface area (Å²) in [4.78, 5) is 12.2. The minimum absolute atomic E-state index is 0.0284. The van der Waals surface area contributed by atoms with Gasteiger partial charge < -0.3 is 10.1 Å². The molecule has 0 aliphatic carbocycles. The van der Waals surface area contributed by atoms with E-state index < -0.39 is 0 Å². The number of rotatable bonds is 4. The molecular formula is C15H16BrN3O2. The number of nitrogens with one attached hydrogen (secondary N) is 1. The lowest BCUT2D eigenvalue weighted by Gasteiger charge is -2.15. The Morgan fingerprint density at radius 1 is 1.48 bits per heavy atom. The maximum absolute atomic E-state index is 12.2. The molecule has 0 saturated heterocycles. The van der Waals surface area contributed by atoms with Gasteiger partial charge in [0.25, 0.3) is 5.56 Å². The van der Waals surface area contributed by atoms with E-state index >= 15 is 0 Å². The van der Waals surface area contributed by atoms with Crippen molar-refractivity contribution in [1.82, 2.24) is 9.78 Å². The van der Waals surface area contributed by atoms with E-state index in [4.69, 9.17) is 4.74 Å². The number of aryl methyl sites for hydroxylation is 1. The highest BCUT2D eigenvalue weighted by atomic mass is 79.9. The molecule has 1 aliphatic heterocycles. The largest absolute Gasteiger partial charge is 0.491 e. The number of hydrogen-bond donors (Lipinski definition) is 1. The van der Waals surface area contributed by atoms with E-state index in [-0.39, 0.29) is 11.6 Å². The number of halogens is 1. The maximum atomic E-state index is 12.2. The fourth-order valence-electron chi connectivity index (χ4n) is 2.41. The van der Waals surface area contributed by atoms with Gasteiger partial charge in [0.2, 0.25) is 0 Å². The van der Waals surface area contributed by atoms with Crippen molar-refractivity contribution in [2.24, 2.45) is 0 Å². The molecule has 0 fully saturated rings. The van der Waals surface area contributed by atoms with Crippen LogP contribution in [0.1, 0.15) is 24.9 Å². The van der Waals surface area contributed by atoms with Gasteiger partial charge in [-0.15, -0.1) is 0 Å². The molecule has 5 nitrogen and oxygen atoms in total. The van der Waals surface area contributed by atoms with E-state index in [1.165, 1.54) is 4.68 Å². The summed E-state index contributed by atoms with van der Waals surface area (Å²) >= 11 is 3.37. The van der Waals surface area contributed by atoms with Crippen molar-refractivity contribution in [2.45, 2.75) is 25.9 Å². The molecule has 2 heterocycles. The topological polar surface area (TPSA) is 56.1 Å². The summed E-state index contributed by atoms with van der Waals surface area (Å²) in [6.07, 6.45) is 2.55. The highest BCUT2D eigenvalue weighted by Gasteiger charge is 2.24. The molecule has 1 N–H and O–H groups in total. The van der Waals surface area contributed by atoms with Crippen LogP contribution in [0.5, 0.6) is 5.75 Å². The van der Waals surface area contributed by atoms with Crippen molar-refractivity contribution >= 4 is 21.6 Å². The summed E-state index contributed by atoms with van der Waals surface area (Å²) < 4.78 is 7.61. The normalized spacial score (nSPS) is 16.4. The van der Waals surface area contributed by atoms with Crippen molar-refractivity contribution in [3.05, 3.63) is 50.9 Å². The van der Waals surface area contributed by atoms with Gasteiger partial charge in [0.15, 0.2) is 0 Å². The number of ether oxygens (including phenoxy) is 1. The lowest BCUT2D eigenvalue weighted by Crippen LogP contribution is -2.25. The van der Waals surface area contributed by atoms with Gasteiger partial charge in [-0.25, -0.2) is 4.68 Å². The quantitative estimate of drug-likeness (QED) is 0.921. The van der Waals surface area contributed by atoms with Crippen LogP contribution >= 0.6 is 15.9 Å². The lowest BCUT2D eigenvalue weighted by molar-refractivity contribution is 0.339. The standard InChI is InChI=1S/C15H16BrN3O2/c1-2-7-19-15(20)14(16)11(8-17-19)18-12-9-21-13-6-4-3-5-10(12)13/h3-6,8,12,18H,2,7,9H2,1H3. The molecule has 0 saturated carbocycles. The van der Waals surface area contributed by atoms with Crippen LogP contribution in [-0.4, -0.2) is 16.4 Å². The maximum Gasteiger partial charge on any atom is 0.283 e. The van der Waals surface area contributed by atoms with Gasteiger partial charge in [0.1, 0.15) is 16.8 Å². The highest BCUT2D eigenvalue weighted by Crippen LogP contribution is 2.34. The number of para-hydroxylation sites is 1. The zero-order chi connectivity index (χ0) is 14.8. The van der Waals surface area contributed by atoms with E-state index in [1.807, 2.05) is 31.2 Å². The molecule has 2 aromatic rings. The molecule has 1 atom stereocenters. The van der Waals surface area contributed by atoms with Crippen LogP contribution in [0.25, 0.3) is 0 Å². The summed E-state index contributed by atoms with van der Waals surface area (Å²) in [5, 5.41) is 7.53. The molecule has 0 radical (unpaired) electrons. The predicted molar refractivity (Wildman–Crippen MR) is 84.8 cm³/mol. The summed E-state index contributed by atoms with van der Waals surface area (Å²) in [5.41, 5.74) is 1.67. The second kappa shape index (κ2) is 5.89. The van der Waals surface area contributed by atoms with Crippen LogP contribution in [-0.2, 0) is 6.54 Å². The van der Waals surface area contributed by atoms with Crippen LogP contribution in [0.2, 0.25) is 0 Å². The molecule has 1 aliphatic rings. The van der Waals surface area contributed by atoms with Gasteiger partial charge in [0, 0.05) is 12.1 Å². The second-order valence-electron chi connectivity index (χ2n) is 4.95. The van der Waals surface area contributed by atoms with Gasteiger partial charge >= 0.3 is 0 Å². The molecule has 0 amide bonds. The Hall–Kier alpha value is -1.82. The monoisotopic (exact) mass is 349 g/mol. The van der Waals surface area contributed by atoms with Crippen LogP contribution in [0.3, 0.4) is 0 Å². The third-order valence-electron chi connectivity index (χ3n) is 3.45. The van der Waals surface area contributed by atoms with Gasteiger partial charge in [-0.3, -0.25) is 4.79 Å². The number of benzene rings is 1.